The third-order valence-corrected chi connectivity index (χ3v) is 3.46. The smallest absolute Gasteiger partial charge is 0.312 e. The highest BCUT2D eigenvalue weighted by Crippen LogP contribution is 2.54. The minimum Gasteiger partial charge on any atom is -0.469 e. The Hall–Kier alpha value is -0.280. The zero-order valence-electron chi connectivity index (χ0n) is 8.54. The van der Waals surface area contributed by atoms with Crippen molar-refractivity contribution in [1.29, 1.82) is 0 Å². The summed E-state index contributed by atoms with van der Waals surface area (Å²) in [5.41, 5.74) is -0.0951. The van der Waals surface area contributed by atoms with Gasteiger partial charge in [-0.2, -0.15) is 0 Å². The highest BCUT2D eigenvalue weighted by molar-refractivity contribution is 5.85. The van der Waals surface area contributed by atoms with Crippen molar-refractivity contribution >= 4 is 18.4 Å². The van der Waals surface area contributed by atoms with Gasteiger partial charge in [0.15, 0.2) is 0 Å². The van der Waals surface area contributed by atoms with Crippen LogP contribution in [0.4, 0.5) is 0 Å². The van der Waals surface area contributed by atoms with Gasteiger partial charge in [-0.25, -0.2) is 0 Å². The molecule has 1 aliphatic carbocycles. The van der Waals surface area contributed by atoms with Gasteiger partial charge in [-0.1, -0.05) is 0 Å². The number of carbonyl (C=O) groups is 1. The van der Waals surface area contributed by atoms with Gasteiger partial charge in [-0.05, 0) is 44.7 Å². The first-order valence-corrected chi connectivity index (χ1v) is 5.09. The zero-order valence-corrected chi connectivity index (χ0v) is 9.36. The van der Waals surface area contributed by atoms with Gasteiger partial charge in [0.05, 0.1) is 12.5 Å². The van der Waals surface area contributed by atoms with E-state index in [4.69, 9.17) is 4.74 Å². The van der Waals surface area contributed by atoms with Crippen LogP contribution >= 0.6 is 12.4 Å². The average molecular weight is 220 g/mol. The molecule has 1 atom stereocenters. The third kappa shape index (κ3) is 1.89. The average Bonchev–Trinajstić information content (AvgIpc) is 2.99. The third-order valence-electron chi connectivity index (χ3n) is 3.46. The molecule has 1 aliphatic heterocycles. The monoisotopic (exact) mass is 219 g/mol. The lowest BCUT2D eigenvalue weighted by Crippen LogP contribution is -2.38. The van der Waals surface area contributed by atoms with Crippen molar-refractivity contribution in [2.75, 3.05) is 20.2 Å². The van der Waals surface area contributed by atoms with Crippen LogP contribution in [0.15, 0.2) is 0 Å². The van der Waals surface area contributed by atoms with Crippen molar-refractivity contribution < 1.29 is 9.53 Å². The van der Waals surface area contributed by atoms with Crippen LogP contribution in [0.5, 0.6) is 0 Å². The molecule has 0 unspecified atom stereocenters. The number of hydrogen-bond acceptors (Lipinski definition) is 3. The summed E-state index contributed by atoms with van der Waals surface area (Å²) < 4.78 is 4.86. The highest BCUT2D eigenvalue weighted by atomic mass is 35.5. The summed E-state index contributed by atoms with van der Waals surface area (Å²) in [6.07, 6.45) is 4.45. The number of carbonyl (C=O) groups excluding carboxylic acids is 1. The number of rotatable bonds is 2. The predicted octanol–water partition coefficient (Wildman–Crippen LogP) is 1.36. The minimum atomic E-state index is -0.0951. The van der Waals surface area contributed by atoms with E-state index in [0.29, 0.717) is 5.92 Å². The lowest BCUT2D eigenvalue weighted by atomic mass is 9.83. The van der Waals surface area contributed by atoms with Gasteiger partial charge in [-0.15, -0.1) is 12.4 Å². The Bertz CT molecular complexity index is 210. The van der Waals surface area contributed by atoms with E-state index in [-0.39, 0.29) is 23.8 Å². The SMILES string of the molecule is COC(=O)C1([C@@H]2CCCNC2)CC1.Cl. The molecule has 1 saturated heterocycles. The first-order valence-electron chi connectivity index (χ1n) is 5.09. The lowest BCUT2D eigenvalue weighted by Gasteiger charge is -2.28. The Kier molecular flexibility index (Phi) is 3.78. The van der Waals surface area contributed by atoms with Gasteiger partial charge in [-0.3, -0.25) is 4.79 Å². The van der Waals surface area contributed by atoms with Gasteiger partial charge in [0.2, 0.25) is 0 Å². The number of ether oxygens (including phenoxy) is 1. The quantitative estimate of drug-likeness (QED) is 0.713. The highest BCUT2D eigenvalue weighted by Gasteiger charge is 2.56. The molecule has 0 aromatic heterocycles. The van der Waals surface area contributed by atoms with E-state index in [9.17, 15) is 4.79 Å². The molecule has 82 valence electrons. The molecule has 3 nitrogen and oxygen atoms in total. The van der Waals surface area contributed by atoms with Gasteiger partial charge in [0, 0.05) is 0 Å². The Morgan fingerprint density at radius 2 is 2.21 bits per heavy atom. The minimum absolute atomic E-state index is 0. The van der Waals surface area contributed by atoms with Crippen LogP contribution in [0.1, 0.15) is 25.7 Å². The predicted molar refractivity (Wildman–Crippen MR) is 56.5 cm³/mol. The molecule has 4 heteroatoms. The van der Waals surface area contributed by atoms with E-state index in [1.54, 1.807) is 0 Å². The molecular weight excluding hydrogens is 202 g/mol. The molecule has 1 N–H and O–H groups in total. The maximum Gasteiger partial charge on any atom is 0.312 e. The number of esters is 1. The summed E-state index contributed by atoms with van der Waals surface area (Å²) >= 11 is 0. The molecular formula is C10H18ClNO2. The van der Waals surface area contributed by atoms with Crippen molar-refractivity contribution in [3.05, 3.63) is 0 Å². The second kappa shape index (κ2) is 4.49. The molecule has 2 aliphatic rings. The number of nitrogens with one attached hydrogen (secondary N) is 1. The van der Waals surface area contributed by atoms with Gasteiger partial charge in [0.1, 0.15) is 0 Å². The Morgan fingerprint density at radius 1 is 1.50 bits per heavy atom. The van der Waals surface area contributed by atoms with Crippen LogP contribution < -0.4 is 5.32 Å². The van der Waals surface area contributed by atoms with Crippen molar-refractivity contribution in [1.82, 2.24) is 5.32 Å². The Labute approximate surface area is 91.0 Å². The van der Waals surface area contributed by atoms with E-state index < -0.39 is 0 Å². The fourth-order valence-electron chi connectivity index (χ4n) is 2.44. The largest absolute Gasteiger partial charge is 0.469 e. The normalized spacial score (nSPS) is 28.8. The molecule has 14 heavy (non-hydrogen) atoms. The molecule has 1 heterocycles. The second-order valence-electron chi connectivity index (χ2n) is 4.19. The molecule has 0 bridgehead atoms. The van der Waals surface area contributed by atoms with E-state index in [2.05, 4.69) is 5.32 Å². The fourth-order valence-corrected chi connectivity index (χ4v) is 2.44. The Balaban J connectivity index is 0.000000980. The van der Waals surface area contributed by atoms with Gasteiger partial charge >= 0.3 is 5.97 Å². The maximum atomic E-state index is 11.5. The second-order valence-corrected chi connectivity index (χ2v) is 4.19. The van der Waals surface area contributed by atoms with Crippen LogP contribution in [0, 0.1) is 11.3 Å². The molecule has 0 aromatic rings. The summed E-state index contributed by atoms with van der Waals surface area (Å²) in [6, 6.07) is 0. The van der Waals surface area contributed by atoms with Crippen molar-refractivity contribution in [3.63, 3.8) is 0 Å². The lowest BCUT2D eigenvalue weighted by molar-refractivity contribution is -0.149. The summed E-state index contributed by atoms with van der Waals surface area (Å²) in [5, 5.41) is 3.35. The van der Waals surface area contributed by atoms with Crippen LogP contribution in [-0.2, 0) is 9.53 Å². The number of methoxy groups -OCH3 is 1. The maximum absolute atomic E-state index is 11.5. The van der Waals surface area contributed by atoms with Crippen molar-refractivity contribution in [2.45, 2.75) is 25.7 Å². The summed E-state index contributed by atoms with van der Waals surface area (Å²) in [4.78, 5) is 11.5. The summed E-state index contributed by atoms with van der Waals surface area (Å²) in [5.74, 6) is 0.537. The molecule has 1 saturated carbocycles. The van der Waals surface area contributed by atoms with E-state index in [1.165, 1.54) is 20.0 Å². The number of hydrogen-bond donors (Lipinski definition) is 1. The molecule has 0 spiro atoms. The summed E-state index contributed by atoms with van der Waals surface area (Å²) in [7, 11) is 1.50. The van der Waals surface area contributed by atoms with Crippen molar-refractivity contribution in [3.8, 4) is 0 Å². The molecule has 2 fully saturated rings. The molecule has 2 rings (SSSR count). The van der Waals surface area contributed by atoms with Crippen LogP contribution in [0.3, 0.4) is 0 Å². The van der Waals surface area contributed by atoms with E-state index >= 15 is 0 Å². The molecule has 0 aromatic carbocycles. The summed E-state index contributed by atoms with van der Waals surface area (Å²) in [6.45, 7) is 2.10. The van der Waals surface area contributed by atoms with Crippen LogP contribution in [0.25, 0.3) is 0 Å². The van der Waals surface area contributed by atoms with Gasteiger partial charge in [0.25, 0.3) is 0 Å². The van der Waals surface area contributed by atoms with Crippen LogP contribution in [-0.4, -0.2) is 26.2 Å². The van der Waals surface area contributed by atoms with E-state index in [1.807, 2.05) is 0 Å². The molecule has 0 radical (unpaired) electrons. The fraction of sp³-hybridized carbons (Fsp3) is 0.900. The zero-order chi connectivity index (χ0) is 9.31. The Morgan fingerprint density at radius 3 is 2.64 bits per heavy atom. The first kappa shape index (κ1) is 11.8. The van der Waals surface area contributed by atoms with Gasteiger partial charge < -0.3 is 10.1 Å². The topological polar surface area (TPSA) is 38.3 Å². The number of halogens is 1. The standard InChI is InChI=1S/C10H17NO2.ClH/c1-13-9(12)10(4-5-10)8-3-2-6-11-7-8;/h8,11H,2-7H2,1H3;1H/t8-;/m1./s1. The van der Waals surface area contributed by atoms with Crippen LogP contribution in [0.2, 0.25) is 0 Å². The van der Waals surface area contributed by atoms with E-state index in [0.717, 1.165) is 25.9 Å². The number of piperidine rings is 1. The molecule has 0 amide bonds. The van der Waals surface area contributed by atoms with Crippen molar-refractivity contribution in [2.24, 2.45) is 11.3 Å². The first-order chi connectivity index (χ1) is 6.29.